The summed E-state index contributed by atoms with van der Waals surface area (Å²) in [5, 5.41) is 2.81. The van der Waals surface area contributed by atoms with Gasteiger partial charge in [-0.2, -0.15) is 0 Å². The number of anilines is 1. The topological polar surface area (TPSA) is 75.7 Å². The Morgan fingerprint density at radius 2 is 1.75 bits per heavy atom. The molecule has 0 aliphatic carbocycles. The van der Waals surface area contributed by atoms with E-state index in [1.807, 2.05) is 0 Å². The van der Waals surface area contributed by atoms with Crippen molar-refractivity contribution in [3.05, 3.63) is 59.9 Å². The van der Waals surface area contributed by atoms with E-state index in [0.29, 0.717) is 18.0 Å². The van der Waals surface area contributed by atoms with Gasteiger partial charge < -0.3 is 10.1 Å². The second-order valence-electron chi connectivity index (χ2n) is 6.51. The van der Waals surface area contributed by atoms with Crippen LogP contribution in [0.1, 0.15) is 18.9 Å². The highest BCUT2D eigenvalue weighted by Crippen LogP contribution is 2.21. The van der Waals surface area contributed by atoms with Crippen LogP contribution in [0.15, 0.2) is 48.5 Å². The van der Waals surface area contributed by atoms with Crippen LogP contribution in [0.5, 0.6) is 5.75 Å². The maximum Gasteiger partial charge on any atom is 0.260 e. The Hall–Kier alpha value is -2.61. The molecule has 2 aromatic carbocycles. The Morgan fingerprint density at radius 3 is 2.32 bits per heavy atom. The van der Waals surface area contributed by atoms with Crippen LogP contribution in [0.4, 0.5) is 10.1 Å². The third kappa shape index (κ3) is 6.53. The van der Waals surface area contributed by atoms with E-state index in [2.05, 4.69) is 5.32 Å². The Morgan fingerprint density at radius 1 is 1.14 bits per heavy atom. The fraction of sp³-hybridized carbons (Fsp3) is 0.350. The number of carbonyl (C=O) groups excluding carboxylic acids is 1. The molecule has 0 aliphatic heterocycles. The Bertz CT molecular complexity index is 883. The summed E-state index contributed by atoms with van der Waals surface area (Å²) in [4.78, 5) is 12.1. The number of nitrogens with one attached hydrogen (secondary N) is 1. The molecule has 0 fully saturated rings. The lowest BCUT2D eigenvalue weighted by atomic mass is 10.1. The molecule has 1 atom stereocenters. The van der Waals surface area contributed by atoms with Crippen LogP contribution in [0.25, 0.3) is 0 Å². The van der Waals surface area contributed by atoms with Crippen molar-refractivity contribution in [2.75, 3.05) is 24.2 Å². The average molecular weight is 408 g/mol. The van der Waals surface area contributed by atoms with Gasteiger partial charge in [-0.25, -0.2) is 12.8 Å². The smallest absolute Gasteiger partial charge is 0.260 e. The second-order valence-corrected chi connectivity index (χ2v) is 8.52. The molecular formula is C20H25FN2O4S. The first-order chi connectivity index (χ1) is 13.2. The van der Waals surface area contributed by atoms with Crippen LogP contribution >= 0.6 is 0 Å². The maximum atomic E-state index is 12.9. The van der Waals surface area contributed by atoms with E-state index in [-0.39, 0.29) is 11.7 Å². The highest BCUT2D eigenvalue weighted by molar-refractivity contribution is 7.92. The number of hydrogen-bond donors (Lipinski definition) is 1. The largest absolute Gasteiger partial charge is 0.481 e. The van der Waals surface area contributed by atoms with Crippen LogP contribution in [-0.4, -0.2) is 40.3 Å². The van der Waals surface area contributed by atoms with Crippen LogP contribution in [0.2, 0.25) is 0 Å². The average Bonchev–Trinajstić information content (AvgIpc) is 2.65. The molecule has 0 saturated carbocycles. The van der Waals surface area contributed by atoms with E-state index in [1.165, 1.54) is 19.2 Å². The summed E-state index contributed by atoms with van der Waals surface area (Å²) < 4.78 is 42.7. The fourth-order valence-electron chi connectivity index (χ4n) is 2.48. The molecule has 0 heterocycles. The Kier molecular flexibility index (Phi) is 7.39. The number of amides is 1. The van der Waals surface area contributed by atoms with Gasteiger partial charge in [-0.1, -0.05) is 12.1 Å². The minimum atomic E-state index is -3.33. The number of rotatable bonds is 9. The number of halogens is 1. The summed E-state index contributed by atoms with van der Waals surface area (Å²) in [6.07, 6.45) is 1.91. The highest BCUT2D eigenvalue weighted by Gasteiger charge is 2.15. The fourth-order valence-corrected chi connectivity index (χ4v) is 2.99. The maximum absolute atomic E-state index is 12.9. The van der Waals surface area contributed by atoms with Gasteiger partial charge in [0.2, 0.25) is 10.0 Å². The first kappa shape index (κ1) is 21.7. The lowest BCUT2D eigenvalue weighted by molar-refractivity contribution is -0.127. The van der Waals surface area contributed by atoms with Crippen LogP contribution < -0.4 is 14.4 Å². The molecule has 152 valence electrons. The van der Waals surface area contributed by atoms with E-state index in [9.17, 15) is 17.6 Å². The molecule has 0 aliphatic rings. The first-order valence-electron chi connectivity index (χ1n) is 8.89. The molecular weight excluding hydrogens is 383 g/mol. The zero-order chi connectivity index (χ0) is 20.7. The van der Waals surface area contributed by atoms with Crippen molar-refractivity contribution >= 4 is 21.6 Å². The molecule has 6 nitrogen and oxygen atoms in total. The van der Waals surface area contributed by atoms with E-state index in [0.717, 1.165) is 29.0 Å². The van der Waals surface area contributed by atoms with Gasteiger partial charge in [0, 0.05) is 13.6 Å². The van der Waals surface area contributed by atoms with Gasteiger partial charge in [0.15, 0.2) is 6.10 Å². The van der Waals surface area contributed by atoms with Gasteiger partial charge in [0.05, 0.1) is 11.9 Å². The number of hydrogen-bond acceptors (Lipinski definition) is 4. The first-order valence-corrected chi connectivity index (χ1v) is 10.7. The van der Waals surface area contributed by atoms with Gasteiger partial charge in [-0.05, 0) is 61.7 Å². The van der Waals surface area contributed by atoms with Gasteiger partial charge in [-0.3, -0.25) is 9.10 Å². The molecule has 0 radical (unpaired) electrons. The van der Waals surface area contributed by atoms with Crippen LogP contribution in [-0.2, 0) is 21.2 Å². The zero-order valence-electron chi connectivity index (χ0n) is 16.2. The second kappa shape index (κ2) is 9.54. The summed E-state index contributed by atoms with van der Waals surface area (Å²) in [6.45, 7) is 2.13. The summed E-state index contributed by atoms with van der Waals surface area (Å²) in [5.41, 5.74) is 1.52. The Balaban J connectivity index is 1.77. The normalized spacial score (nSPS) is 12.3. The van der Waals surface area contributed by atoms with Crippen molar-refractivity contribution in [1.29, 1.82) is 0 Å². The van der Waals surface area contributed by atoms with E-state index >= 15 is 0 Å². The van der Waals surface area contributed by atoms with Crippen molar-refractivity contribution in [2.24, 2.45) is 0 Å². The van der Waals surface area contributed by atoms with E-state index < -0.39 is 16.1 Å². The number of benzene rings is 2. The van der Waals surface area contributed by atoms with Crippen molar-refractivity contribution in [3.8, 4) is 5.75 Å². The SMILES string of the molecule is C[C@H](Oc1ccc(N(C)S(C)(=O)=O)cc1)C(=O)NCCCc1ccc(F)cc1. The summed E-state index contributed by atoms with van der Waals surface area (Å²) in [7, 11) is -1.87. The summed E-state index contributed by atoms with van der Waals surface area (Å²) >= 11 is 0. The predicted molar refractivity (Wildman–Crippen MR) is 108 cm³/mol. The van der Waals surface area contributed by atoms with Crippen molar-refractivity contribution < 1.29 is 22.3 Å². The summed E-state index contributed by atoms with van der Waals surface area (Å²) in [5.74, 6) is -0.0323. The third-order valence-corrected chi connectivity index (χ3v) is 5.44. The minimum Gasteiger partial charge on any atom is -0.481 e. The third-order valence-electron chi connectivity index (χ3n) is 4.23. The van der Waals surface area contributed by atoms with Gasteiger partial charge in [0.25, 0.3) is 5.91 Å². The number of sulfonamides is 1. The molecule has 0 bridgehead atoms. The lowest BCUT2D eigenvalue weighted by Gasteiger charge is -2.18. The zero-order valence-corrected chi connectivity index (χ0v) is 17.0. The molecule has 28 heavy (non-hydrogen) atoms. The van der Waals surface area contributed by atoms with Crippen molar-refractivity contribution in [3.63, 3.8) is 0 Å². The predicted octanol–water partition coefficient (Wildman–Crippen LogP) is 2.74. The molecule has 1 amide bonds. The molecule has 2 rings (SSSR count). The molecule has 1 N–H and O–H groups in total. The number of carbonyl (C=O) groups is 1. The summed E-state index contributed by atoms with van der Waals surface area (Å²) in [6, 6.07) is 12.8. The van der Waals surface area contributed by atoms with E-state index in [4.69, 9.17) is 4.74 Å². The van der Waals surface area contributed by atoms with Gasteiger partial charge in [-0.15, -0.1) is 0 Å². The number of aryl methyl sites for hydroxylation is 1. The number of nitrogens with zero attached hydrogens (tertiary/aromatic N) is 1. The van der Waals surface area contributed by atoms with E-state index in [1.54, 1.807) is 43.3 Å². The molecule has 0 aromatic heterocycles. The minimum absolute atomic E-state index is 0.239. The molecule has 8 heteroatoms. The Labute approximate surface area is 165 Å². The quantitative estimate of drug-likeness (QED) is 0.648. The van der Waals surface area contributed by atoms with Crippen molar-refractivity contribution in [2.45, 2.75) is 25.9 Å². The monoisotopic (exact) mass is 408 g/mol. The molecule has 0 saturated heterocycles. The van der Waals surface area contributed by atoms with Crippen LogP contribution in [0, 0.1) is 5.82 Å². The van der Waals surface area contributed by atoms with Crippen molar-refractivity contribution in [1.82, 2.24) is 5.32 Å². The van der Waals surface area contributed by atoms with Gasteiger partial charge in [0.1, 0.15) is 11.6 Å². The highest BCUT2D eigenvalue weighted by atomic mass is 32.2. The molecule has 0 spiro atoms. The lowest BCUT2D eigenvalue weighted by Crippen LogP contribution is -2.36. The number of ether oxygens (including phenoxy) is 1. The molecule has 2 aromatic rings. The molecule has 0 unspecified atom stereocenters. The van der Waals surface area contributed by atoms with Crippen LogP contribution in [0.3, 0.4) is 0 Å². The van der Waals surface area contributed by atoms with Gasteiger partial charge >= 0.3 is 0 Å². The standard InChI is InChI=1S/C20H25FN2O4S/c1-15(20(24)22-14-4-5-16-6-8-17(21)9-7-16)27-19-12-10-18(11-13-19)23(2)28(3,25)26/h6-13,15H,4-5,14H2,1-3H3,(H,22,24)/t15-/m0/s1.